The highest BCUT2D eigenvalue weighted by molar-refractivity contribution is 7.89. The first-order chi connectivity index (χ1) is 10.8. The van der Waals surface area contributed by atoms with E-state index in [9.17, 15) is 13.2 Å². The fraction of sp³-hybridized carbons (Fsp3) is 0.214. The number of methoxy groups -OCH3 is 1. The van der Waals surface area contributed by atoms with E-state index < -0.39 is 22.0 Å². The van der Waals surface area contributed by atoms with Gasteiger partial charge in [-0.2, -0.15) is 0 Å². The fourth-order valence-corrected chi connectivity index (χ4v) is 5.09. The van der Waals surface area contributed by atoms with Gasteiger partial charge in [0.2, 0.25) is 10.0 Å². The predicted octanol–water partition coefficient (Wildman–Crippen LogP) is 3.88. The quantitative estimate of drug-likeness (QED) is 0.782. The molecule has 0 saturated heterocycles. The minimum atomic E-state index is -3.91. The lowest BCUT2D eigenvalue weighted by Crippen LogP contribution is -2.28. The van der Waals surface area contributed by atoms with Crippen molar-refractivity contribution in [3.63, 3.8) is 0 Å². The third-order valence-electron chi connectivity index (χ3n) is 3.05. The Hall–Kier alpha value is -1.12. The molecule has 2 aromatic rings. The van der Waals surface area contributed by atoms with Gasteiger partial charge in [0.15, 0.2) is 0 Å². The number of sulfonamides is 1. The van der Waals surface area contributed by atoms with Gasteiger partial charge in [0.25, 0.3) is 0 Å². The lowest BCUT2D eigenvalue weighted by atomic mass is 10.1. The van der Waals surface area contributed by atoms with Gasteiger partial charge in [0.1, 0.15) is 9.77 Å². The van der Waals surface area contributed by atoms with E-state index in [1.165, 1.54) is 24.6 Å². The summed E-state index contributed by atoms with van der Waals surface area (Å²) in [6.45, 7) is 1.65. The molecule has 23 heavy (non-hydrogen) atoms. The van der Waals surface area contributed by atoms with Crippen LogP contribution in [0.4, 0.5) is 0 Å². The maximum Gasteiger partial charge on any atom is 0.349 e. The predicted molar refractivity (Wildman–Crippen MR) is 90.9 cm³/mol. The molecule has 0 radical (unpaired) electrons. The summed E-state index contributed by atoms with van der Waals surface area (Å²) >= 11 is 12.9. The minimum Gasteiger partial charge on any atom is -0.465 e. The van der Waals surface area contributed by atoms with E-state index in [-0.39, 0.29) is 9.77 Å². The maximum absolute atomic E-state index is 12.5. The van der Waals surface area contributed by atoms with Crippen molar-refractivity contribution in [3.8, 4) is 0 Å². The zero-order valence-corrected chi connectivity index (χ0v) is 15.3. The van der Waals surface area contributed by atoms with Crippen molar-refractivity contribution in [2.24, 2.45) is 0 Å². The summed E-state index contributed by atoms with van der Waals surface area (Å²) in [4.78, 5) is 11.6. The number of rotatable bonds is 5. The van der Waals surface area contributed by atoms with Crippen molar-refractivity contribution < 1.29 is 17.9 Å². The lowest BCUT2D eigenvalue weighted by molar-refractivity contribution is 0.0602. The Morgan fingerprint density at radius 3 is 2.61 bits per heavy atom. The normalized spacial score (nSPS) is 12.9. The molecule has 1 atom stereocenters. The second kappa shape index (κ2) is 7.19. The van der Waals surface area contributed by atoms with Crippen molar-refractivity contribution in [1.82, 2.24) is 4.72 Å². The second-order valence-electron chi connectivity index (χ2n) is 4.61. The molecule has 0 aliphatic carbocycles. The van der Waals surface area contributed by atoms with Crippen LogP contribution < -0.4 is 4.72 Å². The van der Waals surface area contributed by atoms with E-state index in [2.05, 4.69) is 9.46 Å². The first kappa shape index (κ1) is 18.2. The monoisotopic (exact) mass is 393 g/mol. The number of esters is 1. The Balaban J connectivity index is 2.31. The highest BCUT2D eigenvalue weighted by Crippen LogP contribution is 2.29. The topological polar surface area (TPSA) is 72.5 Å². The molecular weight excluding hydrogens is 381 g/mol. The van der Waals surface area contributed by atoms with Gasteiger partial charge >= 0.3 is 5.97 Å². The van der Waals surface area contributed by atoms with Crippen LogP contribution in [-0.4, -0.2) is 21.5 Å². The third kappa shape index (κ3) is 4.05. The van der Waals surface area contributed by atoms with Gasteiger partial charge in [-0.05, 0) is 36.1 Å². The number of nitrogens with one attached hydrogen (secondary N) is 1. The average molecular weight is 394 g/mol. The average Bonchev–Trinajstić information content (AvgIpc) is 2.96. The third-order valence-corrected chi connectivity index (χ3v) is 6.22. The van der Waals surface area contributed by atoms with Crippen LogP contribution in [0.2, 0.25) is 10.0 Å². The van der Waals surface area contributed by atoms with Crippen LogP contribution in [0, 0.1) is 0 Å². The van der Waals surface area contributed by atoms with E-state index in [0.29, 0.717) is 15.6 Å². The first-order valence-electron chi connectivity index (χ1n) is 6.39. The van der Waals surface area contributed by atoms with Gasteiger partial charge in [0, 0.05) is 16.1 Å². The van der Waals surface area contributed by atoms with Crippen molar-refractivity contribution >= 4 is 50.5 Å². The number of hydrogen-bond donors (Lipinski definition) is 1. The molecule has 9 heteroatoms. The Morgan fingerprint density at radius 2 is 2.00 bits per heavy atom. The molecule has 0 aliphatic rings. The fourth-order valence-electron chi connectivity index (χ4n) is 1.96. The molecule has 1 heterocycles. The zero-order valence-electron chi connectivity index (χ0n) is 12.2. The number of halogens is 2. The van der Waals surface area contributed by atoms with E-state index in [0.717, 1.165) is 11.3 Å². The lowest BCUT2D eigenvalue weighted by Gasteiger charge is -2.16. The van der Waals surface area contributed by atoms with Crippen LogP contribution in [0.15, 0.2) is 34.5 Å². The number of ether oxygens (including phenoxy) is 1. The van der Waals surface area contributed by atoms with Gasteiger partial charge in [0.05, 0.1) is 7.11 Å². The van der Waals surface area contributed by atoms with Crippen LogP contribution >= 0.6 is 34.5 Å². The molecule has 0 spiro atoms. The van der Waals surface area contributed by atoms with Gasteiger partial charge in [-0.3, -0.25) is 0 Å². The van der Waals surface area contributed by atoms with E-state index in [1.54, 1.807) is 19.1 Å². The van der Waals surface area contributed by atoms with E-state index in [4.69, 9.17) is 23.2 Å². The summed E-state index contributed by atoms with van der Waals surface area (Å²) in [6.07, 6.45) is 0. The first-order valence-corrected chi connectivity index (χ1v) is 9.51. The number of thiophene rings is 1. The molecule has 1 aromatic carbocycles. The summed E-state index contributed by atoms with van der Waals surface area (Å²) in [7, 11) is -2.71. The number of hydrogen-bond acceptors (Lipinski definition) is 5. The maximum atomic E-state index is 12.5. The molecular formula is C14H13Cl2NO4S2. The Labute approximate surface area is 148 Å². The van der Waals surface area contributed by atoms with Crippen LogP contribution in [0.25, 0.3) is 0 Å². The van der Waals surface area contributed by atoms with Gasteiger partial charge in [-0.15, -0.1) is 11.3 Å². The van der Waals surface area contributed by atoms with Crippen molar-refractivity contribution in [1.29, 1.82) is 0 Å². The van der Waals surface area contributed by atoms with E-state index >= 15 is 0 Å². The molecule has 124 valence electrons. The Kier molecular flexibility index (Phi) is 5.70. The van der Waals surface area contributed by atoms with Crippen molar-refractivity contribution in [2.75, 3.05) is 7.11 Å². The van der Waals surface area contributed by atoms with Gasteiger partial charge in [-0.25, -0.2) is 17.9 Å². The molecule has 0 saturated carbocycles. The minimum absolute atomic E-state index is 0.0226. The molecule has 0 aliphatic heterocycles. The second-order valence-corrected chi connectivity index (χ2v) is 8.06. The molecule has 0 fully saturated rings. The Morgan fingerprint density at radius 1 is 1.30 bits per heavy atom. The number of carbonyl (C=O) groups is 1. The zero-order chi connectivity index (χ0) is 17.2. The molecule has 5 nitrogen and oxygen atoms in total. The molecule has 2 rings (SSSR count). The molecule has 0 amide bonds. The molecule has 0 bridgehead atoms. The summed E-state index contributed by atoms with van der Waals surface area (Å²) < 4.78 is 32.1. The molecule has 1 N–H and O–H groups in total. The van der Waals surface area contributed by atoms with Gasteiger partial charge < -0.3 is 4.74 Å². The van der Waals surface area contributed by atoms with Crippen molar-refractivity contribution in [3.05, 3.63) is 50.1 Å². The van der Waals surface area contributed by atoms with Crippen LogP contribution in [0.3, 0.4) is 0 Å². The summed E-state index contributed by atoms with van der Waals surface area (Å²) in [6, 6.07) is 5.56. The molecule has 0 unspecified atom stereocenters. The number of carbonyl (C=O) groups excluding carboxylic acids is 1. The number of benzene rings is 1. The van der Waals surface area contributed by atoms with Crippen LogP contribution in [0.5, 0.6) is 0 Å². The Bertz CT molecular complexity index is 833. The standard InChI is InChI=1S/C14H13Cl2NO4S2/c1-8(10-4-3-9(15)7-11(10)16)17-23(19,20)12-5-6-22-13(12)14(18)21-2/h3-8,17H,1-2H3/t8-/m1/s1. The summed E-state index contributed by atoms with van der Waals surface area (Å²) in [5.74, 6) is -0.697. The SMILES string of the molecule is COC(=O)c1sccc1S(=O)(=O)N[C@H](C)c1ccc(Cl)cc1Cl. The van der Waals surface area contributed by atoms with Gasteiger partial charge in [-0.1, -0.05) is 29.3 Å². The largest absolute Gasteiger partial charge is 0.465 e. The highest BCUT2D eigenvalue weighted by atomic mass is 35.5. The summed E-state index contributed by atoms with van der Waals surface area (Å²) in [5.41, 5.74) is 0.578. The smallest absolute Gasteiger partial charge is 0.349 e. The highest BCUT2D eigenvalue weighted by Gasteiger charge is 2.27. The van der Waals surface area contributed by atoms with E-state index in [1.807, 2.05) is 0 Å². The van der Waals surface area contributed by atoms with Crippen LogP contribution in [-0.2, 0) is 14.8 Å². The molecule has 1 aromatic heterocycles. The van der Waals surface area contributed by atoms with Crippen molar-refractivity contribution in [2.45, 2.75) is 17.9 Å². The van der Waals surface area contributed by atoms with Crippen LogP contribution in [0.1, 0.15) is 28.2 Å². The summed E-state index contributed by atoms with van der Waals surface area (Å²) in [5, 5.41) is 2.33.